The molecule has 0 aromatic heterocycles. The first-order valence-electron chi connectivity index (χ1n) is 3.83. The van der Waals surface area contributed by atoms with Crippen molar-refractivity contribution >= 4 is 11.6 Å². The van der Waals surface area contributed by atoms with Gasteiger partial charge in [-0.05, 0) is 12.1 Å². The average molecular weight is 180 g/mol. The molecule has 1 aromatic carbocycles. The molecule has 0 aliphatic heterocycles. The molecule has 0 aliphatic carbocycles. The molecule has 0 saturated carbocycles. The van der Waals surface area contributed by atoms with Crippen LogP contribution in [0.2, 0.25) is 0 Å². The predicted octanol–water partition coefficient (Wildman–Crippen LogP) is 0.676. The number of nitrogens with zero attached hydrogens (tertiary/aromatic N) is 1. The number of benzene rings is 1. The highest BCUT2D eigenvalue weighted by molar-refractivity contribution is 6.01. The number of hydrogen-bond acceptors (Lipinski definition) is 3. The van der Waals surface area contributed by atoms with E-state index in [1.165, 1.54) is 11.0 Å². The van der Waals surface area contributed by atoms with Crippen molar-refractivity contribution in [3.8, 4) is 5.75 Å². The molecule has 1 rings (SSSR count). The summed E-state index contributed by atoms with van der Waals surface area (Å²) in [5.41, 5.74) is 6.00. The summed E-state index contributed by atoms with van der Waals surface area (Å²) in [6, 6.07) is 4.61. The Labute approximate surface area is 76.6 Å². The molecule has 0 fully saturated rings. The number of anilines is 1. The minimum Gasteiger partial charge on any atom is -0.507 e. The zero-order valence-corrected chi connectivity index (χ0v) is 7.61. The van der Waals surface area contributed by atoms with Crippen LogP contribution in [0.4, 0.5) is 5.69 Å². The Morgan fingerprint density at radius 3 is 2.54 bits per heavy atom. The summed E-state index contributed by atoms with van der Waals surface area (Å²) in [6.07, 6.45) is 0. The summed E-state index contributed by atoms with van der Waals surface area (Å²) in [4.78, 5) is 12.8. The van der Waals surface area contributed by atoms with E-state index in [0.717, 1.165) is 0 Å². The number of aromatic hydroxyl groups is 1. The number of phenols is 1. The summed E-state index contributed by atoms with van der Waals surface area (Å²) in [7, 11) is 3.21. The van der Waals surface area contributed by atoms with Crippen molar-refractivity contribution in [2.45, 2.75) is 0 Å². The fraction of sp³-hybridized carbons (Fsp3) is 0.222. The molecule has 0 radical (unpaired) electrons. The van der Waals surface area contributed by atoms with Crippen LogP contribution in [-0.2, 0) is 0 Å². The van der Waals surface area contributed by atoms with E-state index >= 15 is 0 Å². The molecule has 1 aromatic rings. The number of nitrogen functional groups attached to an aromatic ring is 1. The number of hydrogen-bond donors (Lipinski definition) is 2. The molecule has 0 aliphatic rings. The number of rotatable bonds is 1. The third-order valence-corrected chi connectivity index (χ3v) is 1.69. The highest BCUT2D eigenvalue weighted by Crippen LogP contribution is 2.23. The van der Waals surface area contributed by atoms with Crippen LogP contribution in [0.15, 0.2) is 18.2 Å². The maximum atomic E-state index is 11.5. The molecule has 0 spiro atoms. The van der Waals surface area contributed by atoms with E-state index < -0.39 is 0 Å². The van der Waals surface area contributed by atoms with Crippen LogP contribution in [0.3, 0.4) is 0 Å². The number of carbonyl (C=O) groups excluding carboxylic acids is 1. The van der Waals surface area contributed by atoms with Crippen LogP contribution in [-0.4, -0.2) is 30.0 Å². The highest BCUT2D eigenvalue weighted by Gasteiger charge is 2.15. The highest BCUT2D eigenvalue weighted by atomic mass is 16.3. The van der Waals surface area contributed by atoms with E-state index in [0.29, 0.717) is 5.69 Å². The lowest BCUT2D eigenvalue weighted by Crippen LogP contribution is -2.22. The van der Waals surface area contributed by atoms with E-state index in [9.17, 15) is 9.90 Å². The van der Waals surface area contributed by atoms with Crippen molar-refractivity contribution in [2.24, 2.45) is 0 Å². The largest absolute Gasteiger partial charge is 0.507 e. The summed E-state index contributed by atoms with van der Waals surface area (Å²) in [5.74, 6) is -0.380. The van der Waals surface area contributed by atoms with Gasteiger partial charge in [-0.1, -0.05) is 6.07 Å². The van der Waals surface area contributed by atoms with Crippen molar-refractivity contribution < 1.29 is 9.90 Å². The first kappa shape index (κ1) is 9.38. The van der Waals surface area contributed by atoms with Crippen LogP contribution in [0.25, 0.3) is 0 Å². The molecule has 0 heterocycles. The van der Waals surface area contributed by atoms with Crippen LogP contribution < -0.4 is 5.73 Å². The smallest absolute Gasteiger partial charge is 0.259 e. The third-order valence-electron chi connectivity index (χ3n) is 1.69. The van der Waals surface area contributed by atoms with Gasteiger partial charge in [0.25, 0.3) is 5.91 Å². The zero-order chi connectivity index (χ0) is 10.0. The Hall–Kier alpha value is -1.71. The SMILES string of the molecule is CN(C)C(=O)c1c(N)cccc1O. The second kappa shape index (κ2) is 3.35. The Balaban J connectivity index is 3.20. The fourth-order valence-electron chi connectivity index (χ4n) is 1.01. The van der Waals surface area contributed by atoms with Crippen molar-refractivity contribution in [1.82, 2.24) is 4.90 Å². The Bertz CT molecular complexity index is 314. The van der Waals surface area contributed by atoms with Gasteiger partial charge in [-0.2, -0.15) is 0 Å². The summed E-state index contributed by atoms with van der Waals surface area (Å²) >= 11 is 0. The van der Waals surface area contributed by atoms with E-state index in [1.54, 1.807) is 26.2 Å². The first-order valence-corrected chi connectivity index (χ1v) is 3.83. The Kier molecular flexibility index (Phi) is 2.41. The van der Waals surface area contributed by atoms with Crippen molar-refractivity contribution in [1.29, 1.82) is 0 Å². The van der Waals surface area contributed by atoms with Crippen molar-refractivity contribution in [3.05, 3.63) is 23.8 Å². The van der Waals surface area contributed by atoms with E-state index in [1.807, 2.05) is 0 Å². The molecule has 13 heavy (non-hydrogen) atoms. The van der Waals surface area contributed by atoms with E-state index in [-0.39, 0.29) is 17.2 Å². The van der Waals surface area contributed by atoms with Gasteiger partial charge in [0.05, 0.1) is 0 Å². The Morgan fingerprint density at radius 1 is 1.46 bits per heavy atom. The van der Waals surface area contributed by atoms with Gasteiger partial charge in [0, 0.05) is 19.8 Å². The van der Waals surface area contributed by atoms with Crippen molar-refractivity contribution in [2.75, 3.05) is 19.8 Å². The molecule has 4 heteroatoms. The molecule has 0 bridgehead atoms. The van der Waals surface area contributed by atoms with Crippen LogP contribution in [0.5, 0.6) is 5.75 Å². The first-order chi connectivity index (χ1) is 6.04. The zero-order valence-electron chi connectivity index (χ0n) is 7.61. The molecule has 1 amide bonds. The lowest BCUT2D eigenvalue weighted by atomic mass is 10.1. The van der Waals surface area contributed by atoms with Gasteiger partial charge >= 0.3 is 0 Å². The minimum absolute atomic E-state index is 0.0845. The Morgan fingerprint density at radius 2 is 2.08 bits per heavy atom. The maximum absolute atomic E-state index is 11.5. The lowest BCUT2D eigenvalue weighted by molar-refractivity contribution is 0.0825. The summed E-state index contributed by atoms with van der Waals surface area (Å²) < 4.78 is 0. The van der Waals surface area contributed by atoms with Crippen molar-refractivity contribution in [3.63, 3.8) is 0 Å². The van der Waals surface area contributed by atoms with Crippen LogP contribution in [0, 0.1) is 0 Å². The normalized spacial score (nSPS) is 9.69. The number of carbonyl (C=O) groups is 1. The lowest BCUT2D eigenvalue weighted by Gasteiger charge is -2.12. The van der Waals surface area contributed by atoms with Crippen LogP contribution in [0.1, 0.15) is 10.4 Å². The topological polar surface area (TPSA) is 66.6 Å². The quantitative estimate of drug-likeness (QED) is 0.624. The molecule has 0 saturated heterocycles. The van der Waals surface area contributed by atoms with Gasteiger partial charge < -0.3 is 15.7 Å². The second-order valence-electron chi connectivity index (χ2n) is 2.94. The van der Waals surface area contributed by atoms with E-state index in [4.69, 9.17) is 5.73 Å². The maximum Gasteiger partial charge on any atom is 0.259 e. The molecule has 0 atom stereocenters. The molecule has 3 N–H and O–H groups in total. The monoisotopic (exact) mass is 180 g/mol. The second-order valence-corrected chi connectivity index (χ2v) is 2.94. The molecular weight excluding hydrogens is 168 g/mol. The summed E-state index contributed by atoms with van der Waals surface area (Å²) in [5, 5.41) is 9.38. The molecule has 0 unspecified atom stereocenters. The van der Waals surface area contributed by atoms with Gasteiger partial charge in [-0.15, -0.1) is 0 Å². The van der Waals surface area contributed by atoms with Crippen LogP contribution >= 0.6 is 0 Å². The van der Waals surface area contributed by atoms with Gasteiger partial charge in [-0.3, -0.25) is 4.79 Å². The summed E-state index contributed by atoms with van der Waals surface area (Å²) in [6.45, 7) is 0. The number of amides is 1. The van der Waals surface area contributed by atoms with Gasteiger partial charge in [0.2, 0.25) is 0 Å². The van der Waals surface area contributed by atoms with Gasteiger partial charge in [0.15, 0.2) is 0 Å². The van der Waals surface area contributed by atoms with Gasteiger partial charge in [-0.25, -0.2) is 0 Å². The molecule has 4 nitrogen and oxygen atoms in total. The van der Waals surface area contributed by atoms with Gasteiger partial charge in [0.1, 0.15) is 11.3 Å². The fourth-order valence-corrected chi connectivity index (χ4v) is 1.01. The third kappa shape index (κ3) is 1.72. The predicted molar refractivity (Wildman–Crippen MR) is 50.5 cm³/mol. The molecular formula is C9H12N2O2. The number of phenolic OH excluding ortho intramolecular Hbond substituents is 1. The average Bonchev–Trinajstić information content (AvgIpc) is 2.03. The molecule has 70 valence electrons. The number of nitrogens with two attached hydrogens (primary N) is 1. The minimum atomic E-state index is -0.296. The standard InChI is InChI=1S/C9H12N2O2/c1-11(2)9(13)8-6(10)4-3-5-7(8)12/h3-5,12H,10H2,1-2H3. The van der Waals surface area contributed by atoms with E-state index in [2.05, 4.69) is 0 Å².